The molecule has 0 unspecified atom stereocenters. The van der Waals surface area contributed by atoms with E-state index in [4.69, 9.17) is 4.74 Å². The summed E-state index contributed by atoms with van der Waals surface area (Å²) in [6, 6.07) is 0. The lowest BCUT2D eigenvalue weighted by atomic mass is 10.2. The van der Waals surface area contributed by atoms with E-state index in [1.807, 2.05) is 6.20 Å². The summed E-state index contributed by atoms with van der Waals surface area (Å²) < 4.78 is 7.04. The van der Waals surface area contributed by atoms with E-state index in [9.17, 15) is 4.79 Å². The highest BCUT2D eigenvalue weighted by atomic mass is 16.5. The van der Waals surface area contributed by atoms with Crippen LogP contribution in [0.5, 0.6) is 0 Å². The van der Waals surface area contributed by atoms with Crippen LogP contribution in [0.1, 0.15) is 35.7 Å². The maximum absolute atomic E-state index is 11.7. The van der Waals surface area contributed by atoms with Crippen molar-refractivity contribution < 1.29 is 9.53 Å². The molecule has 0 aliphatic carbocycles. The third-order valence-electron chi connectivity index (χ3n) is 3.23. The molecule has 0 bridgehead atoms. The topological polar surface area (TPSA) is 81.9 Å². The zero-order valence-electron chi connectivity index (χ0n) is 13.2. The van der Waals surface area contributed by atoms with E-state index in [0.717, 1.165) is 18.8 Å². The van der Waals surface area contributed by atoms with Crippen molar-refractivity contribution in [3.8, 4) is 0 Å². The molecule has 2 aromatic heterocycles. The summed E-state index contributed by atoms with van der Waals surface area (Å²) in [6.07, 6.45) is 6.15. The lowest BCUT2D eigenvalue weighted by molar-refractivity contribution is 0.0524. The van der Waals surface area contributed by atoms with Gasteiger partial charge in [-0.1, -0.05) is 6.92 Å². The van der Waals surface area contributed by atoms with Crippen molar-refractivity contribution >= 4 is 11.9 Å². The van der Waals surface area contributed by atoms with Crippen molar-refractivity contribution in [2.24, 2.45) is 0 Å². The molecule has 0 spiro atoms. The first kappa shape index (κ1) is 15.9. The summed E-state index contributed by atoms with van der Waals surface area (Å²) in [5.41, 5.74) is 1.00. The number of nitrogens with zero attached hydrogens (tertiary/aromatic N) is 4. The predicted molar refractivity (Wildman–Crippen MR) is 82.8 cm³/mol. The van der Waals surface area contributed by atoms with Gasteiger partial charge in [0, 0.05) is 38.1 Å². The Balaban J connectivity index is 1.94. The molecular formula is C15H21N5O2. The molecule has 0 saturated heterocycles. The van der Waals surface area contributed by atoms with Crippen LogP contribution in [0.25, 0.3) is 0 Å². The van der Waals surface area contributed by atoms with E-state index >= 15 is 0 Å². The smallest absolute Gasteiger partial charge is 0.341 e. The fourth-order valence-corrected chi connectivity index (χ4v) is 2.11. The van der Waals surface area contributed by atoms with Crippen molar-refractivity contribution in [3.63, 3.8) is 0 Å². The lowest BCUT2D eigenvalue weighted by Crippen LogP contribution is -2.15. The van der Waals surface area contributed by atoms with E-state index < -0.39 is 5.97 Å². The first-order valence-corrected chi connectivity index (χ1v) is 7.40. The molecule has 7 nitrogen and oxygen atoms in total. The minimum absolute atomic E-state index is 0.336. The van der Waals surface area contributed by atoms with Crippen LogP contribution in [0.4, 0.5) is 5.95 Å². The van der Waals surface area contributed by atoms with Gasteiger partial charge in [0.15, 0.2) is 0 Å². The summed E-state index contributed by atoms with van der Waals surface area (Å²) in [5, 5.41) is 3.15. The van der Waals surface area contributed by atoms with Crippen LogP contribution in [0.2, 0.25) is 0 Å². The van der Waals surface area contributed by atoms with E-state index in [-0.39, 0.29) is 0 Å². The lowest BCUT2D eigenvalue weighted by Gasteiger charge is -2.09. The molecular weight excluding hydrogens is 282 g/mol. The van der Waals surface area contributed by atoms with Gasteiger partial charge in [0.25, 0.3) is 0 Å². The molecule has 0 saturated carbocycles. The highest BCUT2D eigenvalue weighted by Crippen LogP contribution is 2.08. The van der Waals surface area contributed by atoms with Crippen LogP contribution >= 0.6 is 0 Å². The number of carbonyl (C=O) groups excluding carboxylic acids is 1. The van der Waals surface area contributed by atoms with E-state index in [1.165, 1.54) is 6.20 Å². The Kier molecular flexibility index (Phi) is 5.46. The average molecular weight is 303 g/mol. The molecule has 2 aromatic rings. The highest BCUT2D eigenvalue weighted by molar-refractivity contribution is 5.90. The van der Waals surface area contributed by atoms with Gasteiger partial charge in [-0.25, -0.2) is 19.7 Å². The zero-order valence-corrected chi connectivity index (χ0v) is 13.2. The number of hydrogen-bond donors (Lipinski definition) is 1. The molecule has 0 amide bonds. The number of aromatic nitrogens is 4. The second-order valence-electron chi connectivity index (χ2n) is 4.73. The molecule has 0 atom stereocenters. The Morgan fingerprint density at radius 2 is 2.18 bits per heavy atom. The van der Waals surface area contributed by atoms with Gasteiger partial charge in [-0.2, -0.15) is 0 Å². The normalized spacial score (nSPS) is 10.5. The Hall–Kier alpha value is -2.44. The second kappa shape index (κ2) is 7.53. The van der Waals surface area contributed by atoms with Crippen molar-refractivity contribution in [3.05, 3.63) is 35.7 Å². The van der Waals surface area contributed by atoms with Crippen molar-refractivity contribution in [1.82, 2.24) is 19.5 Å². The van der Waals surface area contributed by atoms with E-state index in [2.05, 4.69) is 31.8 Å². The van der Waals surface area contributed by atoms with Gasteiger partial charge in [0.2, 0.25) is 5.95 Å². The van der Waals surface area contributed by atoms with E-state index in [1.54, 1.807) is 20.0 Å². The summed E-state index contributed by atoms with van der Waals surface area (Å²) in [4.78, 5) is 24.4. The maximum Gasteiger partial charge on any atom is 0.341 e. The summed E-state index contributed by atoms with van der Waals surface area (Å²) >= 11 is 0. The summed E-state index contributed by atoms with van der Waals surface area (Å²) in [5.74, 6) is 1.16. The van der Waals surface area contributed by atoms with Crippen LogP contribution in [0.15, 0.2) is 18.6 Å². The summed E-state index contributed by atoms with van der Waals surface area (Å²) in [6.45, 7) is 7.41. The van der Waals surface area contributed by atoms with Crippen LogP contribution < -0.4 is 5.32 Å². The molecule has 1 N–H and O–H groups in total. The van der Waals surface area contributed by atoms with Gasteiger partial charge in [0.1, 0.15) is 5.82 Å². The van der Waals surface area contributed by atoms with Crippen LogP contribution in [0.3, 0.4) is 0 Å². The zero-order chi connectivity index (χ0) is 15.9. The molecule has 0 radical (unpaired) electrons. The predicted octanol–water partition coefficient (Wildman–Crippen LogP) is 1.83. The third kappa shape index (κ3) is 3.81. The number of rotatable bonds is 7. The van der Waals surface area contributed by atoms with Crippen LogP contribution in [-0.4, -0.2) is 38.6 Å². The van der Waals surface area contributed by atoms with Crippen LogP contribution in [-0.2, 0) is 17.7 Å². The molecule has 118 valence electrons. The van der Waals surface area contributed by atoms with Gasteiger partial charge in [-0.3, -0.25) is 0 Å². The fourth-order valence-electron chi connectivity index (χ4n) is 2.11. The molecule has 0 aliphatic heterocycles. The Morgan fingerprint density at radius 3 is 2.86 bits per heavy atom. The van der Waals surface area contributed by atoms with Gasteiger partial charge in [-0.05, 0) is 13.8 Å². The minimum atomic E-state index is -0.391. The first-order valence-electron chi connectivity index (χ1n) is 7.40. The number of hydrogen-bond acceptors (Lipinski definition) is 6. The molecule has 22 heavy (non-hydrogen) atoms. The SMILES string of the molecule is CCOC(=O)c1cnc(NCCn2ccnc2CC)nc1C. The molecule has 2 rings (SSSR count). The quantitative estimate of drug-likeness (QED) is 0.786. The average Bonchev–Trinajstić information content (AvgIpc) is 2.95. The van der Waals surface area contributed by atoms with Gasteiger partial charge in [-0.15, -0.1) is 0 Å². The monoisotopic (exact) mass is 303 g/mol. The van der Waals surface area contributed by atoms with E-state index in [0.29, 0.717) is 30.4 Å². The number of ether oxygens (including phenoxy) is 1. The molecule has 0 aromatic carbocycles. The molecule has 2 heterocycles. The number of carbonyl (C=O) groups is 1. The molecule has 7 heteroatoms. The van der Waals surface area contributed by atoms with Crippen molar-refractivity contribution in [2.45, 2.75) is 33.7 Å². The van der Waals surface area contributed by atoms with Gasteiger partial charge < -0.3 is 14.6 Å². The number of aryl methyl sites for hydroxylation is 2. The number of nitrogens with one attached hydrogen (secondary N) is 1. The first-order chi connectivity index (χ1) is 10.7. The van der Waals surface area contributed by atoms with Gasteiger partial charge >= 0.3 is 5.97 Å². The summed E-state index contributed by atoms with van der Waals surface area (Å²) in [7, 11) is 0. The fraction of sp³-hybridized carbons (Fsp3) is 0.467. The van der Waals surface area contributed by atoms with Crippen LogP contribution in [0, 0.1) is 6.92 Å². The highest BCUT2D eigenvalue weighted by Gasteiger charge is 2.12. The third-order valence-corrected chi connectivity index (χ3v) is 3.23. The number of imidazole rings is 1. The Bertz CT molecular complexity index is 639. The minimum Gasteiger partial charge on any atom is -0.462 e. The Labute approximate surface area is 129 Å². The maximum atomic E-state index is 11.7. The molecule has 0 fully saturated rings. The standard InChI is InChI=1S/C15H21N5O2/c1-4-13-16-6-8-20(13)9-7-17-15-18-10-12(11(3)19-15)14(21)22-5-2/h6,8,10H,4-5,7,9H2,1-3H3,(H,17,18,19). The number of anilines is 1. The second-order valence-corrected chi connectivity index (χ2v) is 4.73. The Morgan fingerprint density at radius 1 is 1.36 bits per heavy atom. The molecule has 0 aliphatic rings. The number of esters is 1. The van der Waals surface area contributed by atoms with Gasteiger partial charge in [0.05, 0.1) is 17.9 Å². The largest absolute Gasteiger partial charge is 0.462 e. The van der Waals surface area contributed by atoms with Crippen molar-refractivity contribution in [1.29, 1.82) is 0 Å². The van der Waals surface area contributed by atoms with Crippen molar-refractivity contribution in [2.75, 3.05) is 18.5 Å².